The van der Waals surface area contributed by atoms with E-state index in [9.17, 15) is 13.2 Å². The third-order valence-corrected chi connectivity index (χ3v) is 5.45. The van der Waals surface area contributed by atoms with Crippen LogP contribution in [0.15, 0.2) is 70.4 Å². The largest absolute Gasteiger partial charge is 0.431 e. The summed E-state index contributed by atoms with van der Waals surface area (Å²) < 4.78 is 29.9. The highest BCUT2D eigenvalue weighted by Gasteiger charge is 2.17. The number of hydrogen-bond donors (Lipinski definition) is 1. The lowest BCUT2D eigenvalue weighted by Gasteiger charge is -2.07. The number of carbonyl (C=O) groups is 1. The number of sulfone groups is 1. The van der Waals surface area contributed by atoms with Crippen molar-refractivity contribution in [2.75, 3.05) is 11.6 Å². The average molecular weight is 444 g/mol. The third kappa shape index (κ3) is 4.09. The van der Waals surface area contributed by atoms with Crippen LogP contribution in [0, 0.1) is 0 Å². The van der Waals surface area contributed by atoms with Crippen LogP contribution >= 0.6 is 11.6 Å². The number of aromatic nitrogens is 4. The standard InChI is InChI=1S/C19H14ClN5O4S/c1-30(27,28)14-5-3-13(4-6-14)25-17(8-9-22-25)18(26)24-19-23-16(11-29-19)15-7-2-12(20)10-21-15/h2-11H,1H3,(H,23,24,26). The Hall–Kier alpha value is -3.50. The van der Waals surface area contributed by atoms with Crippen LogP contribution in [-0.4, -0.2) is 40.3 Å². The number of nitrogens with one attached hydrogen (secondary N) is 1. The fraction of sp³-hybridized carbons (Fsp3) is 0.0526. The van der Waals surface area contributed by atoms with Crippen LogP contribution in [0.1, 0.15) is 10.5 Å². The van der Waals surface area contributed by atoms with Gasteiger partial charge in [-0.15, -0.1) is 0 Å². The second-order valence-corrected chi connectivity index (χ2v) is 8.70. The summed E-state index contributed by atoms with van der Waals surface area (Å²) in [5, 5.41) is 7.19. The molecule has 11 heteroatoms. The average Bonchev–Trinajstić information content (AvgIpc) is 3.38. The molecule has 1 N–H and O–H groups in total. The molecule has 152 valence electrons. The van der Waals surface area contributed by atoms with Crippen LogP contribution in [0.3, 0.4) is 0 Å². The molecular weight excluding hydrogens is 430 g/mol. The van der Waals surface area contributed by atoms with E-state index in [1.165, 1.54) is 41.5 Å². The van der Waals surface area contributed by atoms with E-state index in [4.69, 9.17) is 16.0 Å². The first-order valence-corrected chi connectivity index (χ1v) is 10.8. The van der Waals surface area contributed by atoms with Gasteiger partial charge in [-0.25, -0.2) is 13.1 Å². The molecule has 1 aromatic carbocycles. The smallest absolute Gasteiger partial charge is 0.302 e. The maximum atomic E-state index is 12.7. The number of hydrogen-bond acceptors (Lipinski definition) is 7. The van der Waals surface area contributed by atoms with Crippen molar-refractivity contribution in [2.45, 2.75) is 4.90 Å². The Balaban J connectivity index is 1.54. The fourth-order valence-electron chi connectivity index (χ4n) is 2.65. The Kier molecular flexibility index (Phi) is 5.10. The molecule has 0 atom stereocenters. The van der Waals surface area contributed by atoms with Crippen LogP contribution < -0.4 is 5.32 Å². The van der Waals surface area contributed by atoms with Crippen LogP contribution in [0.2, 0.25) is 5.02 Å². The van der Waals surface area contributed by atoms with Crippen LogP contribution in [0.5, 0.6) is 0 Å². The van der Waals surface area contributed by atoms with Crippen LogP contribution in [0.4, 0.5) is 6.01 Å². The molecule has 3 heterocycles. The summed E-state index contributed by atoms with van der Waals surface area (Å²) in [6, 6.07) is 10.9. The number of amides is 1. The van der Waals surface area contributed by atoms with Crippen molar-refractivity contribution in [3.05, 3.63) is 71.8 Å². The molecule has 0 aliphatic heterocycles. The summed E-state index contributed by atoms with van der Waals surface area (Å²) in [6.45, 7) is 0. The first kappa shape index (κ1) is 19.8. The number of oxazole rings is 1. The molecule has 0 aliphatic carbocycles. The van der Waals surface area contributed by atoms with Crippen molar-refractivity contribution in [2.24, 2.45) is 0 Å². The molecule has 9 nitrogen and oxygen atoms in total. The van der Waals surface area contributed by atoms with Crippen LogP contribution in [-0.2, 0) is 9.84 Å². The number of rotatable bonds is 5. The minimum absolute atomic E-state index is 0.00748. The lowest BCUT2D eigenvalue weighted by Crippen LogP contribution is -2.17. The number of pyridine rings is 1. The Morgan fingerprint density at radius 1 is 1.10 bits per heavy atom. The molecule has 4 rings (SSSR count). The van der Waals surface area contributed by atoms with E-state index < -0.39 is 15.7 Å². The quantitative estimate of drug-likeness (QED) is 0.502. The molecule has 0 aliphatic rings. The van der Waals surface area contributed by atoms with Gasteiger partial charge >= 0.3 is 6.01 Å². The SMILES string of the molecule is CS(=O)(=O)c1ccc(-n2nccc2C(=O)Nc2nc(-c3ccc(Cl)cn3)co2)cc1. The van der Waals surface area contributed by atoms with Gasteiger partial charge in [-0.2, -0.15) is 10.1 Å². The van der Waals surface area contributed by atoms with Crippen molar-refractivity contribution in [3.63, 3.8) is 0 Å². The molecule has 0 unspecified atom stereocenters. The number of carbonyl (C=O) groups excluding carboxylic acids is 1. The zero-order valence-electron chi connectivity index (χ0n) is 15.5. The summed E-state index contributed by atoms with van der Waals surface area (Å²) in [4.78, 5) is 21.2. The highest BCUT2D eigenvalue weighted by Crippen LogP contribution is 2.21. The van der Waals surface area contributed by atoms with Gasteiger partial charge < -0.3 is 4.42 Å². The summed E-state index contributed by atoms with van der Waals surface area (Å²) >= 11 is 5.83. The second kappa shape index (κ2) is 7.73. The van der Waals surface area contributed by atoms with E-state index in [-0.39, 0.29) is 16.6 Å². The monoisotopic (exact) mass is 443 g/mol. The first-order chi connectivity index (χ1) is 14.3. The first-order valence-electron chi connectivity index (χ1n) is 8.54. The summed E-state index contributed by atoms with van der Waals surface area (Å²) in [6.07, 6.45) is 5.43. The van der Waals surface area contributed by atoms with Gasteiger partial charge in [-0.3, -0.25) is 15.1 Å². The zero-order chi connectivity index (χ0) is 21.3. The van der Waals surface area contributed by atoms with E-state index in [0.717, 1.165) is 6.26 Å². The molecule has 30 heavy (non-hydrogen) atoms. The Labute approximate surface area is 176 Å². The molecule has 3 aromatic heterocycles. The Morgan fingerprint density at radius 3 is 2.53 bits per heavy atom. The maximum absolute atomic E-state index is 12.7. The van der Waals surface area contributed by atoms with E-state index >= 15 is 0 Å². The second-order valence-electron chi connectivity index (χ2n) is 6.25. The van der Waals surface area contributed by atoms with Crippen LogP contribution in [0.25, 0.3) is 17.1 Å². The predicted octanol–water partition coefficient (Wildman–Crippen LogP) is 3.23. The molecule has 0 spiro atoms. The highest BCUT2D eigenvalue weighted by molar-refractivity contribution is 7.90. The van der Waals surface area contributed by atoms with Gasteiger partial charge in [-0.1, -0.05) is 11.6 Å². The van der Waals surface area contributed by atoms with Crippen molar-refractivity contribution in [1.29, 1.82) is 0 Å². The minimum Gasteiger partial charge on any atom is -0.431 e. The molecular formula is C19H14ClN5O4S. The van der Waals surface area contributed by atoms with Gasteiger partial charge in [-0.05, 0) is 42.5 Å². The van der Waals surface area contributed by atoms with Gasteiger partial charge in [0.2, 0.25) is 0 Å². The zero-order valence-corrected chi connectivity index (χ0v) is 17.1. The van der Waals surface area contributed by atoms with E-state index in [2.05, 4.69) is 20.4 Å². The molecule has 4 aromatic rings. The number of anilines is 1. The molecule has 0 saturated carbocycles. The summed E-state index contributed by atoms with van der Waals surface area (Å²) in [5.74, 6) is -0.503. The number of halogens is 1. The Bertz CT molecular complexity index is 1310. The van der Waals surface area contributed by atoms with Gasteiger partial charge in [0, 0.05) is 12.5 Å². The van der Waals surface area contributed by atoms with Gasteiger partial charge in [0.25, 0.3) is 5.91 Å². The fourth-order valence-corrected chi connectivity index (χ4v) is 3.40. The highest BCUT2D eigenvalue weighted by atomic mass is 35.5. The predicted molar refractivity (Wildman–Crippen MR) is 109 cm³/mol. The van der Waals surface area contributed by atoms with Crippen molar-refractivity contribution >= 4 is 33.4 Å². The normalized spacial score (nSPS) is 11.4. The third-order valence-electron chi connectivity index (χ3n) is 4.10. The van der Waals surface area contributed by atoms with E-state index in [1.54, 1.807) is 24.3 Å². The van der Waals surface area contributed by atoms with Gasteiger partial charge in [0.15, 0.2) is 9.84 Å². The lowest BCUT2D eigenvalue weighted by molar-refractivity contribution is 0.101. The molecule has 0 bridgehead atoms. The maximum Gasteiger partial charge on any atom is 0.302 e. The minimum atomic E-state index is -3.32. The number of nitrogens with zero attached hydrogens (tertiary/aromatic N) is 4. The van der Waals surface area contributed by atoms with Crippen molar-refractivity contribution in [3.8, 4) is 17.1 Å². The summed E-state index contributed by atoms with van der Waals surface area (Å²) in [7, 11) is -3.32. The lowest BCUT2D eigenvalue weighted by atomic mass is 10.3. The van der Waals surface area contributed by atoms with E-state index in [0.29, 0.717) is 22.1 Å². The molecule has 0 radical (unpaired) electrons. The summed E-state index contributed by atoms with van der Waals surface area (Å²) in [5.41, 5.74) is 1.72. The number of benzene rings is 1. The topological polar surface area (TPSA) is 120 Å². The van der Waals surface area contributed by atoms with Crippen molar-refractivity contribution in [1.82, 2.24) is 19.7 Å². The van der Waals surface area contributed by atoms with Gasteiger partial charge in [0.1, 0.15) is 17.7 Å². The van der Waals surface area contributed by atoms with E-state index in [1.807, 2.05) is 0 Å². The molecule has 1 amide bonds. The van der Waals surface area contributed by atoms with Gasteiger partial charge in [0.05, 0.1) is 27.5 Å². The Morgan fingerprint density at radius 2 is 1.87 bits per heavy atom. The molecule has 0 fully saturated rings. The van der Waals surface area contributed by atoms with Crippen molar-refractivity contribution < 1.29 is 17.6 Å². The molecule has 0 saturated heterocycles.